The van der Waals surface area contributed by atoms with Crippen LogP contribution in [-0.4, -0.2) is 9.97 Å². The van der Waals surface area contributed by atoms with Crippen LogP contribution in [0.4, 0.5) is 21.6 Å². The lowest BCUT2D eigenvalue weighted by Gasteiger charge is -2.12. The Balaban J connectivity index is 1.73. The first-order valence-electron chi connectivity index (χ1n) is 8.04. The first-order chi connectivity index (χ1) is 13.1. The van der Waals surface area contributed by atoms with E-state index in [1.807, 2.05) is 0 Å². The van der Waals surface area contributed by atoms with Crippen LogP contribution in [0.3, 0.4) is 0 Å². The van der Waals surface area contributed by atoms with Gasteiger partial charge in [0.25, 0.3) is 0 Å². The average Bonchev–Trinajstić information content (AvgIpc) is 2.65. The fourth-order valence-corrected chi connectivity index (χ4v) is 2.57. The fraction of sp³-hybridized carbons (Fsp3) is 0.100. The largest absolute Gasteiger partial charge is 0.487 e. The van der Waals surface area contributed by atoms with Gasteiger partial charge in [-0.15, -0.1) is 0 Å². The summed E-state index contributed by atoms with van der Waals surface area (Å²) in [6.45, 7) is 1.92. The van der Waals surface area contributed by atoms with Gasteiger partial charge in [-0.1, -0.05) is 29.7 Å². The van der Waals surface area contributed by atoms with Crippen LogP contribution in [0.15, 0.2) is 48.8 Å². The second-order valence-electron chi connectivity index (χ2n) is 5.55. The third kappa shape index (κ3) is 4.66. The van der Waals surface area contributed by atoms with Gasteiger partial charge in [0.05, 0.1) is 5.02 Å². The summed E-state index contributed by atoms with van der Waals surface area (Å²) in [5.41, 5.74) is 8.24. The van der Waals surface area contributed by atoms with E-state index in [4.69, 9.17) is 22.1 Å². The molecule has 7 heteroatoms. The Morgan fingerprint density at radius 2 is 2.07 bits per heavy atom. The molecule has 0 saturated carbocycles. The number of nitrogens with one attached hydrogen (secondary N) is 1. The van der Waals surface area contributed by atoms with Crippen molar-refractivity contribution in [2.75, 3.05) is 11.1 Å². The minimum absolute atomic E-state index is 0.210. The molecule has 3 N–H and O–H groups in total. The lowest BCUT2D eigenvalue weighted by Crippen LogP contribution is -2.03. The summed E-state index contributed by atoms with van der Waals surface area (Å²) in [6.07, 6.45) is 1.39. The molecular formula is C20H16ClFN4O. The number of hydrogen-bond acceptors (Lipinski definition) is 5. The second-order valence-corrected chi connectivity index (χ2v) is 5.96. The van der Waals surface area contributed by atoms with Gasteiger partial charge in [0.15, 0.2) is 5.82 Å². The number of rotatable bonds is 5. The van der Waals surface area contributed by atoms with Gasteiger partial charge in [0.1, 0.15) is 35.9 Å². The van der Waals surface area contributed by atoms with Crippen LogP contribution in [0.2, 0.25) is 5.02 Å². The van der Waals surface area contributed by atoms with Crippen LogP contribution in [0.1, 0.15) is 18.2 Å². The SMILES string of the molecule is CC#Cc1ncnc(Nc2ccc(OCc3cccc(F)c3)c(Cl)c2)c1N. The van der Waals surface area contributed by atoms with Gasteiger partial charge >= 0.3 is 0 Å². The zero-order valence-corrected chi connectivity index (χ0v) is 15.2. The summed E-state index contributed by atoms with van der Waals surface area (Å²) in [5.74, 6) is 6.19. The minimum atomic E-state index is -0.309. The van der Waals surface area contributed by atoms with Crippen molar-refractivity contribution in [3.8, 4) is 17.6 Å². The summed E-state index contributed by atoms with van der Waals surface area (Å²) in [4.78, 5) is 8.17. The summed E-state index contributed by atoms with van der Waals surface area (Å²) in [7, 11) is 0. The molecule has 27 heavy (non-hydrogen) atoms. The summed E-state index contributed by atoms with van der Waals surface area (Å²) < 4.78 is 18.9. The van der Waals surface area contributed by atoms with Crippen molar-refractivity contribution >= 4 is 28.8 Å². The molecule has 0 saturated heterocycles. The summed E-state index contributed by atoms with van der Waals surface area (Å²) >= 11 is 6.29. The third-order valence-corrected chi connectivity index (χ3v) is 3.90. The molecule has 1 aromatic heterocycles. The molecule has 0 aliphatic heterocycles. The molecule has 0 atom stereocenters. The van der Waals surface area contributed by atoms with Crippen molar-refractivity contribution in [1.82, 2.24) is 9.97 Å². The van der Waals surface area contributed by atoms with Crippen molar-refractivity contribution in [1.29, 1.82) is 0 Å². The predicted octanol–water partition coefficient (Wildman–Crippen LogP) is 4.55. The van der Waals surface area contributed by atoms with E-state index >= 15 is 0 Å². The van der Waals surface area contributed by atoms with E-state index in [9.17, 15) is 4.39 Å². The Morgan fingerprint density at radius 1 is 1.22 bits per heavy atom. The highest BCUT2D eigenvalue weighted by molar-refractivity contribution is 6.32. The van der Waals surface area contributed by atoms with Gasteiger partial charge in [0.2, 0.25) is 0 Å². The molecule has 0 spiro atoms. The van der Waals surface area contributed by atoms with Gasteiger partial charge in [-0.3, -0.25) is 0 Å². The molecule has 136 valence electrons. The molecule has 5 nitrogen and oxygen atoms in total. The van der Waals surface area contributed by atoms with Gasteiger partial charge in [-0.05, 0) is 48.7 Å². The van der Waals surface area contributed by atoms with Crippen molar-refractivity contribution < 1.29 is 9.13 Å². The van der Waals surface area contributed by atoms with Gasteiger partial charge in [-0.25, -0.2) is 14.4 Å². The quantitative estimate of drug-likeness (QED) is 0.633. The van der Waals surface area contributed by atoms with E-state index in [-0.39, 0.29) is 12.4 Å². The van der Waals surface area contributed by atoms with Gasteiger partial charge in [-0.2, -0.15) is 0 Å². The molecule has 1 heterocycles. The number of aromatic nitrogens is 2. The zero-order valence-electron chi connectivity index (χ0n) is 14.5. The minimum Gasteiger partial charge on any atom is -0.487 e. The van der Waals surface area contributed by atoms with Crippen LogP contribution >= 0.6 is 11.6 Å². The maximum Gasteiger partial charge on any atom is 0.158 e. The number of benzene rings is 2. The predicted molar refractivity (Wildman–Crippen MR) is 104 cm³/mol. The normalized spacial score (nSPS) is 10.0. The number of hydrogen-bond donors (Lipinski definition) is 2. The van der Waals surface area contributed by atoms with E-state index in [2.05, 4.69) is 27.1 Å². The van der Waals surface area contributed by atoms with Gasteiger partial charge in [0, 0.05) is 5.69 Å². The van der Waals surface area contributed by atoms with Crippen molar-refractivity contribution in [3.05, 3.63) is 70.9 Å². The number of ether oxygens (including phenoxy) is 1. The van der Waals surface area contributed by atoms with Crippen LogP contribution in [0.5, 0.6) is 5.75 Å². The van der Waals surface area contributed by atoms with Crippen molar-refractivity contribution in [2.45, 2.75) is 13.5 Å². The highest BCUT2D eigenvalue weighted by atomic mass is 35.5. The zero-order chi connectivity index (χ0) is 19.2. The molecule has 0 unspecified atom stereocenters. The van der Waals surface area contributed by atoms with Gasteiger partial charge < -0.3 is 15.8 Å². The summed E-state index contributed by atoms with van der Waals surface area (Å²) in [6, 6.07) is 11.4. The van der Waals surface area contributed by atoms with E-state index in [0.717, 1.165) is 0 Å². The number of nitrogens with zero attached hydrogens (tertiary/aromatic N) is 2. The smallest absolute Gasteiger partial charge is 0.158 e. The Morgan fingerprint density at radius 3 is 2.81 bits per heavy atom. The third-order valence-electron chi connectivity index (χ3n) is 3.61. The molecule has 0 aliphatic carbocycles. The standard InChI is InChI=1S/C20H16ClFN4O/c1-2-4-17-19(23)20(25-12-24-17)26-15-7-8-18(16(21)10-15)27-11-13-5-3-6-14(22)9-13/h3,5-10,12H,11,23H2,1H3,(H,24,25,26). The summed E-state index contributed by atoms with van der Waals surface area (Å²) in [5, 5.41) is 3.49. The average molecular weight is 383 g/mol. The van der Waals surface area contributed by atoms with Crippen LogP contribution < -0.4 is 15.8 Å². The maximum atomic E-state index is 13.2. The van der Waals surface area contributed by atoms with Crippen molar-refractivity contribution in [3.63, 3.8) is 0 Å². The molecule has 0 fully saturated rings. The van der Waals surface area contributed by atoms with Crippen molar-refractivity contribution in [2.24, 2.45) is 0 Å². The Hall–Kier alpha value is -3.30. The topological polar surface area (TPSA) is 73.1 Å². The molecular weight excluding hydrogens is 367 g/mol. The molecule has 0 aliphatic rings. The van der Waals surface area contributed by atoms with E-state index < -0.39 is 0 Å². The first-order valence-corrected chi connectivity index (χ1v) is 8.41. The van der Waals surface area contributed by atoms with Crippen LogP contribution in [-0.2, 0) is 6.61 Å². The molecule has 0 amide bonds. The molecule has 0 radical (unpaired) electrons. The number of anilines is 3. The van der Waals surface area contributed by atoms with E-state index in [0.29, 0.717) is 39.2 Å². The Kier molecular flexibility index (Phi) is 5.74. The molecule has 0 bridgehead atoms. The maximum absolute atomic E-state index is 13.2. The number of nitrogens with two attached hydrogens (primary N) is 1. The Bertz CT molecular complexity index is 1030. The van der Waals surface area contributed by atoms with E-state index in [1.54, 1.807) is 37.3 Å². The Labute approximate surface area is 161 Å². The number of nitrogen functional groups attached to an aromatic ring is 1. The lowest BCUT2D eigenvalue weighted by molar-refractivity contribution is 0.306. The van der Waals surface area contributed by atoms with E-state index in [1.165, 1.54) is 18.5 Å². The molecule has 2 aromatic carbocycles. The monoisotopic (exact) mass is 382 g/mol. The highest BCUT2D eigenvalue weighted by Crippen LogP contribution is 2.30. The first kappa shape index (κ1) is 18.5. The highest BCUT2D eigenvalue weighted by Gasteiger charge is 2.09. The lowest BCUT2D eigenvalue weighted by atomic mass is 10.2. The second kappa shape index (κ2) is 8.39. The van der Waals surface area contributed by atoms with Crippen LogP contribution in [0, 0.1) is 17.7 Å². The molecule has 3 rings (SSSR count). The van der Waals surface area contributed by atoms with Crippen LogP contribution in [0.25, 0.3) is 0 Å². The molecule has 3 aromatic rings. The number of halogens is 2. The fourth-order valence-electron chi connectivity index (χ4n) is 2.33.